The molecule has 2 aromatic rings. The predicted molar refractivity (Wildman–Crippen MR) is 87.1 cm³/mol. The highest BCUT2D eigenvalue weighted by Crippen LogP contribution is 2.33. The molecule has 0 bridgehead atoms. The first-order chi connectivity index (χ1) is 10.7. The van der Waals surface area contributed by atoms with Gasteiger partial charge in [-0.2, -0.15) is 0 Å². The van der Waals surface area contributed by atoms with Crippen LogP contribution in [0.2, 0.25) is 0 Å². The van der Waals surface area contributed by atoms with E-state index in [4.69, 9.17) is 14.8 Å². The SMILES string of the molecule is COc1ccc2nc(N3CCC(CNC(=O)O)CC3)sc2c1. The van der Waals surface area contributed by atoms with Gasteiger partial charge in [-0.1, -0.05) is 11.3 Å². The van der Waals surface area contributed by atoms with E-state index in [0.29, 0.717) is 12.5 Å². The summed E-state index contributed by atoms with van der Waals surface area (Å²) in [6, 6.07) is 5.92. The van der Waals surface area contributed by atoms with Gasteiger partial charge in [0.05, 0.1) is 17.3 Å². The van der Waals surface area contributed by atoms with E-state index < -0.39 is 6.09 Å². The summed E-state index contributed by atoms with van der Waals surface area (Å²) in [5, 5.41) is 12.2. The third kappa shape index (κ3) is 3.24. The molecule has 0 aliphatic carbocycles. The first kappa shape index (κ1) is 14.9. The van der Waals surface area contributed by atoms with Crippen molar-refractivity contribution in [3.63, 3.8) is 0 Å². The molecule has 22 heavy (non-hydrogen) atoms. The number of hydrogen-bond acceptors (Lipinski definition) is 5. The van der Waals surface area contributed by atoms with Crippen molar-refractivity contribution in [1.82, 2.24) is 10.3 Å². The summed E-state index contributed by atoms with van der Waals surface area (Å²) in [5.74, 6) is 1.27. The zero-order chi connectivity index (χ0) is 15.5. The lowest BCUT2D eigenvalue weighted by Gasteiger charge is -2.31. The number of fused-ring (bicyclic) bond motifs is 1. The molecule has 3 rings (SSSR count). The van der Waals surface area contributed by atoms with Gasteiger partial charge in [-0.25, -0.2) is 9.78 Å². The Balaban J connectivity index is 1.64. The summed E-state index contributed by atoms with van der Waals surface area (Å²) < 4.78 is 6.38. The average Bonchev–Trinajstić information content (AvgIpc) is 2.96. The van der Waals surface area contributed by atoms with Crippen LogP contribution in [0, 0.1) is 5.92 Å². The molecule has 2 N–H and O–H groups in total. The summed E-state index contributed by atoms with van der Waals surface area (Å²) in [6.45, 7) is 2.38. The molecule has 1 fully saturated rings. The predicted octanol–water partition coefficient (Wildman–Crippen LogP) is 2.79. The molecular weight excluding hydrogens is 302 g/mol. The van der Waals surface area contributed by atoms with Crippen molar-refractivity contribution in [2.24, 2.45) is 5.92 Å². The Morgan fingerprint density at radius 1 is 1.50 bits per heavy atom. The van der Waals surface area contributed by atoms with Crippen molar-refractivity contribution in [3.05, 3.63) is 18.2 Å². The zero-order valence-electron chi connectivity index (χ0n) is 12.4. The van der Waals surface area contributed by atoms with Gasteiger partial charge in [-0.05, 0) is 37.0 Å². The van der Waals surface area contributed by atoms with E-state index in [1.807, 2.05) is 18.2 Å². The van der Waals surface area contributed by atoms with Gasteiger partial charge in [0.2, 0.25) is 0 Å². The molecule has 0 unspecified atom stereocenters. The Labute approximate surface area is 132 Å². The topological polar surface area (TPSA) is 74.7 Å². The van der Waals surface area contributed by atoms with Crippen LogP contribution in [0.3, 0.4) is 0 Å². The maximum absolute atomic E-state index is 10.5. The first-order valence-electron chi connectivity index (χ1n) is 7.32. The van der Waals surface area contributed by atoms with Gasteiger partial charge in [-0.15, -0.1) is 0 Å². The highest BCUT2D eigenvalue weighted by molar-refractivity contribution is 7.22. The van der Waals surface area contributed by atoms with Crippen molar-refractivity contribution in [3.8, 4) is 5.75 Å². The van der Waals surface area contributed by atoms with Crippen LogP contribution >= 0.6 is 11.3 Å². The Morgan fingerprint density at radius 3 is 2.95 bits per heavy atom. The fourth-order valence-corrected chi connectivity index (χ4v) is 3.76. The van der Waals surface area contributed by atoms with E-state index in [0.717, 1.165) is 47.0 Å². The van der Waals surface area contributed by atoms with Crippen molar-refractivity contribution in [1.29, 1.82) is 0 Å². The molecule has 1 aliphatic rings. The van der Waals surface area contributed by atoms with Gasteiger partial charge in [0.15, 0.2) is 5.13 Å². The maximum atomic E-state index is 10.5. The van der Waals surface area contributed by atoms with Gasteiger partial charge in [0.25, 0.3) is 0 Å². The zero-order valence-corrected chi connectivity index (χ0v) is 13.2. The summed E-state index contributed by atoms with van der Waals surface area (Å²) in [6.07, 6.45) is 1.03. The summed E-state index contributed by atoms with van der Waals surface area (Å²) in [4.78, 5) is 17.5. The fourth-order valence-electron chi connectivity index (χ4n) is 2.72. The first-order valence-corrected chi connectivity index (χ1v) is 8.13. The molecule has 7 heteroatoms. The number of nitrogens with one attached hydrogen (secondary N) is 1. The standard InChI is InChI=1S/C15H19N3O3S/c1-21-11-2-3-12-13(8-11)22-14(17-12)18-6-4-10(5-7-18)9-16-15(19)20/h2-3,8,10,16H,4-7,9H2,1H3,(H,19,20). The van der Waals surface area contributed by atoms with Gasteiger partial charge in [0.1, 0.15) is 5.75 Å². The molecule has 1 aromatic carbocycles. The number of amides is 1. The van der Waals surface area contributed by atoms with E-state index in [9.17, 15) is 4.79 Å². The lowest BCUT2D eigenvalue weighted by atomic mass is 9.97. The molecule has 0 spiro atoms. The number of ether oxygens (including phenoxy) is 1. The number of piperidine rings is 1. The van der Waals surface area contributed by atoms with Crippen LogP contribution in [0.15, 0.2) is 18.2 Å². The molecule has 1 aliphatic heterocycles. The lowest BCUT2D eigenvalue weighted by Crippen LogP contribution is -2.38. The van der Waals surface area contributed by atoms with E-state index >= 15 is 0 Å². The quantitative estimate of drug-likeness (QED) is 0.906. The second-order valence-corrected chi connectivity index (χ2v) is 6.46. The minimum Gasteiger partial charge on any atom is -0.497 e. The Hall–Kier alpha value is -2.02. The number of carboxylic acid groups (broad SMARTS) is 1. The van der Waals surface area contributed by atoms with E-state index in [1.165, 1.54) is 0 Å². The number of hydrogen-bond donors (Lipinski definition) is 2. The third-order valence-corrected chi connectivity index (χ3v) is 5.09. The van der Waals surface area contributed by atoms with E-state index in [-0.39, 0.29) is 0 Å². The summed E-state index contributed by atoms with van der Waals surface area (Å²) >= 11 is 1.68. The molecule has 0 saturated carbocycles. The molecule has 1 saturated heterocycles. The molecular formula is C15H19N3O3S. The van der Waals surface area contributed by atoms with Crippen molar-refractivity contribution < 1.29 is 14.6 Å². The number of nitrogens with zero attached hydrogens (tertiary/aromatic N) is 2. The summed E-state index contributed by atoms with van der Waals surface area (Å²) in [5.41, 5.74) is 0.996. The largest absolute Gasteiger partial charge is 0.497 e. The normalized spacial score (nSPS) is 16.0. The molecule has 118 valence electrons. The van der Waals surface area contributed by atoms with Crippen LogP contribution in [0.5, 0.6) is 5.75 Å². The van der Waals surface area contributed by atoms with Gasteiger partial charge < -0.3 is 20.1 Å². The average molecular weight is 321 g/mol. The summed E-state index contributed by atoms with van der Waals surface area (Å²) in [7, 11) is 1.67. The van der Waals surface area contributed by atoms with Crippen LogP contribution in [-0.4, -0.2) is 42.9 Å². The Kier molecular flexibility index (Phi) is 4.33. The number of anilines is 1. The van der Waals surface area contributed by atoms with Gasteiger partial charge in [0, 0.05) is 19.6 Å². The number of benzene rings is 1. The number of methoxy groups -OCH3 is 1. The number of thiazole rings is 1. The monoisotopic (exact) mass is 321 g/mol. The van der Waals surface area contributed by atoms with Crippen LogP contribution in [-0.2, 0) is 0 Å². The third-order valence-electron chi connectivity index (χ3n) is 4.01. The number of carbonyl (C=O) groups is 1. The fraction of sp³-hybridized carbons (Fsp3) is 0.467. The second-order valence-electron chi connectivity index (χ2n) is 5.45. The van der Waals surface area contributed by atoms with Crippen LogP contribution in [0.1, 0.15) is 12.8 Å². The van der Waals surface area contributed by atoms with Crippen molar-refractivity contribution in [2.45, 2.75) is 12.8 Å². The minimum absolute atomic E-state index is 0.418. The maximum Gasteiger partial charge on any atom is 0.404 e. The van der Waals surface area contributed by atoms with Crippen LogP contribution in [0.25, 0.3) is 10.2 Å². The van der Waals surface area contributed by atoms with Crippen LogP contribution < -0.4 is 15.0 Å². The Bertz CT molecular complexity index is 665. The number of rotatable bonds is 4. The molecule has 0 atom stereocenters. The molecule has 6 nitrogen and oxygen atoms in total. The smallest absolute Gasteiger partial charge is 0.404 e. The highest BCUT2D eigenvalue weighted by atomic mass is 32.1. The van der Waals surface area contributed by atoms with E-state index in [1.54, 1.807) is 18.4 Å². The highest BCUT2D eigenvalue weighted by Gasteiger charge is 2.22. The molecule has 2 heterocycles. The molecule has 1 amide bonds. The van der Waals surface area contributed by atoms with Gasteiger partial charge in [-0.3, -0.25) is 0 Å². The lowest BCUT2D eigenvalue weighted by molar-refractivity contribution is 0.191. The molecule has 1 aromatic heterocycles. The van der Waals surface area contributed by atoms with E-state index in [2.05, 4.69) is 10.2 Å². The van der Waals surface area contributed by atoms with Gasteiger partial charge >= 0.3 is 6.09 Å². The molecule has 0 radical (unpaired) electrons. The second kappa shape index (κ2) is 6.39. The van der Waals surface area contributed by atoms with Crippen molar-refractivity contribution >= 4 is 32.8 Å². The van der Waals surface area contributed by atoms with Crippen LogP contribution in [0.4, 0.5) is 9.93 Å². The van der Waals surface area contributed by atoms with Crippen molar-refractivity contribution in [2.75, 3.05) is 31.6 Å². The minimum atomic E-state index is -0.942. The number of aromatic nitrogens is 1. The Morgan fingerprint density at radius 2 is 2.27 bits per heavy atom.